The van der Waals surface area contributed by atoms with Crippen molar-refractivity contribution in [2.24, 2.45) is 11.8 Å². The second kappa shape index (κ2) is 14.5. The number of fused-ring (bicyclic) bond motifs is 1. The SMILES string of the molecule is COCCCN1C(=O)C(C)(C)Oc2ccc(N(C(=O)[C@@H]3C[C@H](C(=O)Nc4c(OC)ccc(F)c4C)CN(C(=O)OC(C)(C)C)C3)C3CC3)cc21. The number of anilines is 3. The van der Waals surface area contributed by atoms with E-state index in [2.05, 4.69) is 5.32 Å². The molecule has 12 nitrogen and oxygen atoms in total. The van der Waals surface area contributed by atoms with Gasteiger partial charge in [-0.15, -0.1) is 0 Å². The van der Waals surface area contributed by atoms with Gasteiger partial charge in [0.1, 0.15) is 22.9 Å². The highest BCUT2D eigenvalue weighted by Crippen LogP contribution is 2.43. The van der Waals surface area contributed by atoms with E-state index in [1.807, 2.05) is 12.1 Å². The Morgan fingerprint density at radius 3 is 2.42 bits per heavy atom. The standard InChI is InChI=1S/C37H49FN4O8/c1-22-27(38)13-15-30(48-8)31(22)39-32(43)23-18-24(21-40(20-23)35(46)50-36(2,3)4)33(44)42(25-10-11-25)26-12-14-29-28(19-26)41(16-9-17-47-7)34(45)37(5,6)49-29/h12-15,19,23-25H,9-11,16-18,20-21H2,1-8H3,(H,39,43)/t23-,24+/m0/s1. The number of hydrogen-bond donors (Lipinski definition) is 1. The number of nitrogens with zero attached hydrogens (tertiary/aromatic N) is 3. The van der Waals surface area contributed by atoms with Crippen LogP contribution in [0.5, 0.6) is 11.5 Å². The highest BCUT2D eigenvalue weighted by atomic mass is 19.1. The average molecular weight is 697 g/mol. The zero-order valence-corrected chi connectivity index (χ0v) is 30.3. The Bertz CT molecular complexity index is 1640. The molecular weight excluding hydrogens is 647 g/mol. The highest BCUT2D eigenvalue weighted by Gasteiger charge is 2.45. The van der Waals surface area contributed by atoms with E-state index in [0.717, 1.165) is 12.8 Å². The molecule has 1 saturated heterocycles. The number of ether oxygens (including phenoxy) is 4. The van der Waals surface area contributed by atoms with Crippen LogP contribution in [0.1, 0.15) is 65.9 Å². The number of rotatable bonds is 10. The van der Waals surface area contributed by atoms with E-state index in [4.69, 9.17) is 18.9 Å². The van der Waals surface area contributed by atoms with Crippen molar-refractivity contribution in [1.82, 2.24) is 4.90 Å². The van der Waals surface area contributed by atoms with Crippen LogP contribution in [-0.4, -0.2) is 86.4 Å². The third-order valence-electron chi connectivity index (χ3n) is 9.17. The lowest BCUT2D eigenvalue weighted by Crippen LogP contribution is -2.53. The molecule has 2 aliphatic heterocycles. The van der Waals surface area contributed by atoms with Gasteiger partial charge in [0.05, 0.1) is 30.3 Å². The minimum Gasteiger partial charge on any atom is -0.495 e. The first-order valence-electron chi connectivity index (χ1n) is 17.1. The summed E-state index contributed by atoms with van der Waals surface area (Å²) in [6, 6.07) is 8.02. The fourth-order valence-electron chi connectivity index (χ4n) is 6.50. The summed E-state index contributed by atoms with van der Waals surface area (Å²) in [5.41, 5.74) is -0.302. The van der Waals surface area contributed by atoms with Crippen molar-refractivity contribution in [3.63, 3.8) is 0 Å². The predicted octanol–water partition coefficient (Wildman–Crippen LogP) is 5.69. The van der Waals surface area contributed by atoms with Gasteiger partial charge in [-0.1, -0.05) is 0 Å². The summed E-state index contributed by atoms with van der Waals surface area (Å²) >= 11 is 0. The second-order valence-electron chi connectivity index (χ2n) is 14.8. The Morgan fingerprint density at radius 1 is 1.08 bits per heavy atom. The zero-order valence-electron chi connectivity index (χ0n) is 30.3. The van der Waals surface area contributed by atoms with Crippen molar-refractivity contribution < 1.29 is 42.5 Å². The summed E-state index contributed by atoms with van der Waals surface area (Å²) in [5, 5.41) is 2.81. The van der Waals surface area contributed by atoms with Gasteiger partial charge in [-0.05, 0) is 97.6 Å². The molecule has 1 N–H and O–H groups in total. The number of piperidine rings is 1. The molecule has 2 aromatic rings. The molecule has 0 bridgehead atoms. The molecule has 2 heterocycles. The molecule has 0 aromatic heterocycles. The Balaban J connectivity index is 1.46. The molecule has 272 valence electrons. The lowest BCUT2D eigenvalue weighted by Gasteiger charge is -2.40. The summed E-state index contributed by atoms with van der Waals surface area (Å²) in [6.45, 7) is 11.2. The number of likely N-dealkylation sites (tertiary alicyclic amines) is 1. The second-order valence-corrected chi connectivity index (χ2v) is 14.8. The molecule has 2 aromatic carbocycles. The number of halogens is 1. The van der Waals surface area contributed by atoms with Crippen LogP contribution in [0.2, 0.25) is 0 Å². The van der Waals surface area contributed by atoms with Crippen LogP contribution < -0.4 is 24.6 Å². The number of carbonyl (C=O) groups excluding carboxylic acids is 4. The van der Waals surface area contributed by atoms with Crippen LogP contribution in [0.15, 0.2) is 30.3 Å². The number of amides is 4. The third kappa shape index (κ3) is 7.98. The fourth-order valence-corrected chi connectivity index (χ4v) is 6.50. The average Bonchev–Trinajstić information content (AvgIpc) is 3.89. The zero-order chi connectivity index (χ0) is 36.5. The molecule has 3 aliphatic rings. The van der Waals surface area contributed by atoms with Gasteiger partial charge in [0.15, 0.2) is 5.60 Å². The fraction of sp³-hybridized carbons (Fsp3) is 0.568. The van der Waals surface area contributed by atoms with Gasteiger partial charge in [-0.3, -0.25) is 14.4 Å². The van der Waals surface area contributed by atoms with Crippen LogP contribution in [-0.2, 0) is 23.9 Å². The maximum absolute atomic E-state index is 14.6. The molecule has 2 atom stereocenters. The topological polar surface area (TPSA) is 127 Å². The number of carbonyl (C=O) groups is 4. The largest absolute Gasteiger partial charge is 0.495 e. The maximum Gasteiger partial charge on any atom is 0.410 e. The van der Waals surface area contributed by atoms with Crippen molar-refractivity contribution in [3.8, 4) is 11.5 Å². The number of benzene rings is 2. The Hall–Kier alpha value is -4.39. The summed E-state index contributed by atoms with van der Waals surface area (Å²) in [4.78, 5) is 60.2. The van der Waals surface area contributed by atoms with Gasteiger partial charge < -0.3 is 39.0 Å². The first-order valence-corrected chi connectivity index (χ1v) is 17.1. The van der Waals surface area contributed by atoms with E-state index in [1.165, 1.54) is 31.1 Å². The smallest absolute Gasteiger partial charge is 0.410 e. The number of hydrogen-bond acceptors (Lipinski definition) is 8. The van der Waals surface area contributed by atoms with Crippen molar-refractivity contribution in [2.75, 3.05) is 55.6 Å². The van der Waals surface area contributed by atoms with E-state index in [1.54, 1.807) is 57.6 Å². The van der Waals surface area contributed by atoms with Crippen molar-refractivity contribution >= 4 is 40.9 Å². The predicted molar refractivity (Wildman–Crippen MR) is 186 cm³/mol. The number of methoxy groups -OCH3 is 2. The molecule has 2 fully saturated rings. The van der Waals surface area contributed by atoms with E-state index < -0.39 is 40.9 Å². The Morgan fingerprint density at radius 2 is 1.78 bits per heavy atom. The summed E-state index contributed by atoms with van der Waals surface area (Å²) in [5.74, 6) is -2.16. The van der Waals surface area contributed by atoms with Crippen molar-refractivity contribution in [3.05, 3.63) is 41.7 Å². The molecule has 1 aliphatic carbocycles. The van der Waals surface area contributed by atoms with E-state index in [-0.39, 0.29) is 48.6 Å². The molecule has 0 radical (unpaired) electrons. The Kier molecular flexibility index (Phi) is 10.7. The molecule has 0 spiro atoms. The van der Waals surface area contributed by atoms with Gasteiger partial charge in [0.25, 0.3) is 5.91 Å². The van der Waals surface area contributed by atoms with Gasteiger partial charge in [0.2, 0.25) is 11.8 Å². The van der Waals surface area contributed by atoms with E-state index in [9.17, 15) is 23.6 Å². The first-order chi connectivity index (χ1) is 23.5. The third-order valence-corrected chi connectivity index (χ3v) is 9.17. The molecule has 0 unspecified atom stereocenters. The van der Waals surface area contributed by atoms with E-state index >= 15 is 0 Å². The molecule has 1 saturated carbocycles. The molecule has 50 heavy (non-hydrogen) atoms. The van der Waals surface area contributed by atoms with Gasteiger partial charge in [-0.25, -0.2) is 9.18 Å². The van der Waals surface area contributed by atoms with Crippen LogP contribution in [0.4, 0.5) is 26.2 Å². The van der Waals surface area contributed by atoms with Crippen LogP contribution in [0.3, 0.4) is 0 Å². The normalized spacial score (nSPS) is 20.1. The molecule has 5 rings (SSSR count). The maximum atomic E-state index is 14.6. The van der Waals surface area contributed by atoms with Crippen LogP contribution in [0, 0.1) is 24.6 Å². The summed E-state index contributed by atoms with van der Waals surface area (Å²) in [7, 11) is 3.04. The summed E-state index contributed by atoms with van der Waals surface area (Å²) < 4.78 is 36.9. The van der Waals surface area contributed by atoms with Crippen LogP contribution in [0.25, 0.3) is 0 Å². The monoisotopic (exact) mass is 696 g/mol. The van der Waals surface area contributed by atoms with Crippen LogP contribution >= 0.6 is 0 Å². The van der Waals surface area contributed by atoms with Crippen molar-refractivity contribution in [1.29, 1.82) is 0 Å². The van der Waals surface area contributed by atoms with Gasteiger partial charge >= 0.3 is 6.09 Å². The Labute approximate surface area is 293 Å². The molecule has 13 heteroatoms. The molecule has 4 amide bonds. The quantitative estimate of drug-likeness (QED) is 0.314. The lowest BCUT2D eigenvalue weighted by atomic mass is 9.87. The highest BCUT2D eigenvalue weighted by molar-refractivity contribution is 6.04. The summed E-state index contributed by atoms with van der Waals surface area (Å²) in [6.07, 6.45) is 1.69. The minimum atomic E-state index is -1.07. The van der Waals surface area contributed by atoms with Crippen molar-refractivity contribution in [2.45, 2.75) is 84.5 Å². The molecular formula is C37H49FN4O8. The lowest BCUT2D eigenvalue weighted by molar-refractivity contribution is -0.132. The van der Waals surface area contributed by atoms with Gasteiger partial charge in [-0.2, -0.15) is 0 Å². The minimum absolute atomic E-state index is 0.00908. The van der Waals surface area contributed by atoms with E-state index in [0.29, 0.717) is 42.4 Å². The van der Waals surface area contributed by atoms with Gasteiger partial charge in [0, 0.05) is 50.6 Å². The number of nitrogens with one attached hydrogen (secondary N) is 1. The first kappa shape index (κ1) is 36.9.